The van der Waals surface area contributed by atoms with Crippen LogP contribution < -0.4 is 15.4 Å². The van der Waals surface area contributed by atoms with Gasteiger partial charge in [0.05, 0.1) is 24.1 Å². The van der Waals surface area contributed by atoms with Crippen LogP contribution in [0.2, 0.25) is 5.02 Å². The van der Waals surface area contributed by atoms with Crippen LogP contribution in [-0.2, 0) is 16.1 Å². The van der Waals surface area contributed by atoms with Crippen molar-refractivity contribution in [3.63, 3.8) is 0 Å². The van der Waals surface area contributed by atoms with E-state index in [1.165, 1.54) is 12.1 Å². The lowest BCUT2D eigenvalue weighted by Gasteiger charge is -2.42. The molecular formula is C30H29ClFN3O5. The molecule has 3 amide bonds. The number of hydrogen-bond donors (Lipinski definition) is 2. The van der Waals surface area contributed by atoms with Crippen molar-refractivity contribution in [1.82, 2.24) is 10.2 Å². The van der Waals surface area contributed by atoms with E-state index in [2.05, 4.69) is 10.6 Å². The van der Waals surface area contributed by atoms with Gasteiger partial charge in [0, 0.05) is 29.9 Å². The molecule has 5 rings (SSSR count). The number of nitrogens with one attached hydrogen (secondary N) is 2. The average molecular weight is 566 g/mol. The van der Waals surface area contributed by atoms with Crippen LogP contribution >= 0.6 is 11.6 Å². The number of rotatable bonds is 6. The van der Waals surface area contributed by atoms with E-state index in [1.54, 1.807) is 66.5 Å². The first-order valence-corrected chi connectivity index (χ1v) is 13.4. The maximum Gasteiger partial charge on any atom is 0.257 e. The molecule has 0 radical (unpaired) electrons. The number of halogens is 2. The fourth-order valence-corrected chi connectivity index (χ4v) is 5.16. The minimum absolute atomic E-state index is 0.156. The van der Waals surface area contributed by atoms with Crippen LogP contribution in [0.3, 0.4) is 0 Å². The molecule has 2 N–H and O–H groups in total. The zero-order chi connectivity index (χ0) is 28.2. The van der Waals surface area contributed by atoms with Gasteiger partial charge in [-0.25, -0.2) is 4.39 Å². The Morgan fingerprint density at radius 1 is 1.07 bits per heavy atom. The summed E-state index contributed by atoms with van der Waals surface area (Å²) >= 11 is 5.91. The van der Waals surface area contributed by atoms with Crippen LogP contribution in [0, 0.1) is 5.82 Å². The second-order valence-electron chi connectivity index (χ2n) is 9.95. The Kier molecular flexibility index (Phi) is 8.32. The Labute approximate surface area is 236 Å². The van der Waals surface area contributed by atoms with Crippen LogP contribution in [0.5, 0.6) is 5.75 Å². The summed E-state index contributed by atoms with van der Waals surface area (Å²) in [5.41, 5.74) is 1.92. The summed E-state index contributed by atoms with van der Waals surface area (Å²) in [6.07, 6.45) is 0.645. The standard InChI is InChI=1S/C30H29ClFN3O5/c1-35-25-11-10-23(15-28(36)33-16-18-3-2-4-21(32)13-18)40-27(25)17-39-26-12-9-22(14-24(26)30(35)38)34-29(37)19-5-7-20(31)8-6-19/h2-9,12-14,23,25,27H,10-11,15-17H2,1H3,(H,33,36)(H,34,37)/t23-,25-,27-/m0/s1. The Morgan fingerprint density at radius 3 is 2.65 bits per heavy atom. The van der Waals surface area contributed by atoms with Gasteiger partial charge in [-0.3, -0.25) is 14.4 Å². The van der Waals surface area contributed by atoms with E-state index in [9.17, 15) is 18.8 Å². The molecule has 208 valence electrons. The lowest BCUT2D eigenvalue weighted by molar-refractivity contribution is -0.134. The van der Waals surface area contributed by atoms with E-state index in [-0.39, 0.29) is 55.3 Å². The van der Waals surface area contributed by atoms with Gasteiger partial charge in [-0.05, 0) is 73.0 Å². The molecule has 2 aliphatic rings. The molecule has 3 aromatic rings. The smallest absolute Gasteiger partial charge is 0.257 e. The van der Waals surface area contributed by atoms with Crippen molar-refractivity contribution < 1.29 is 28.2 Å². The molecule has 0 aliphatic carbocycles. The van der Waals surface area contributed by atoms with Crippen LogP contribution in [0.4, 0.5) is 10.1 Å². The third-order valence-corrected chi connectivity index (χ3v) is 7.42. The zero-order valence-corrected chi connectivity index (χ0v) is 22.6. The number of amides is 3. The highest BCUT2D eigenvalue weighted by molar-refractivity contribution is 6.30. The Morgan fingerprint density at radius 2 is 1.88 bits per heavy atom. The summed E-state index contributed by atoms with van der Waals surface area (Å²) in [4.78, 5) is 40.3. The second-order valence-corrected chi connectivity index (χ2v) is 10.4. The van der Waals surface area contributed by atoms with E-state index in [4.69, 9.17) is 21.1 Å². The van der Waals surface area contributed by atoms with Crippen molar-refractivity contribution in [3.8, 4) is 5.75 Å². The zero-order valence-electron chi connectivity index (χ0n) is 21.9. The quantitative estimate of drug-likeness (QED) is 0.447. The van der Waals surface area contributed by atoms with Gasteiger partial charge in [-0.2, -0.15) is 0 Å². The topological polar surface area (TPSA) is 97.0 Å². The van der Waals surface area contributed by atoms with Gasteiger partial charge in [-0.1, -0.05) is 23.7 Å². The van der Waals surface area contributed by atoms with Crippen LogP contribution in [-0.4, -0.2) is 54.5 Å². The summed E-state index contributed by atoms with van der Waals surface area (Å²) in [5.74, 6) is -0.726. The molecule has 2 aliphatic heterocycles. The number of benzene rings is 3. The largest absolute Gasteiger partial charge is 0.490 e. The van der Waals surface area contributed by atoms with Gasteiger partial charge in [0.25, 0.3) is 11.8 Å². The highest BCUT2D eigenvalue weighted by Gasteiger charge is 2.39. The molecule has 3 atom stereocenters. The Hall–Kier alpha value is -3.95. The highest BCUT2D eigenvalue weighted by atomic mass is 35.5. The Bertz CT molecular complexity index is 1420. The number of anilines is 1. The van der Waals surface area contributed by atoms with Crippen molar-refractivity contribution >= 4 is 35.0 Å². The predicted octanol–water partition coefficient (Wildman–Crippen LogP) is 4.82. The number of carbonyl (C=O) groups excluding carboxylic acids is 3. The van der Waals surface area contributed by atoms with E-state index < -0.39 is 6.10 Å². The summed E-state index contributed by atoms with van der Waals surface area (Å²) in [7, 11) is 1.73. The van der Waals surface area contributed by atoms with E-state index >= 15 is 0 Å². The van der Waals surface area contributed by atoms with Crippen molar-refractivity contribution in [2.45, 2.75) is 44.1 Å². The molecule has 0 bridgehead atoms. The number of fused-ring (bicyclic) bond motifs is 2. The molecule has 0 aromatic heterocycles. The first kappa shape index (κ1) is 27.6. The SMILES string of the molecule is CN1C(=O)c2cc(NC(=O)c3ccc(Cl)cc3)ccc2OC[C@@H]2O[C@H](CC(=O)NCc3cccc(F)c3)CC[C@@H]21. The lowest BCUT2D eigenvalue weighted by Crippen LogP contribution is -2.53. The maximum atomic E-state index is 13.5. The highest BCUT2D eigenvalue weighted by Crippen LogP contribution is 2.32. The van der Waals surface area contributed by atoms with Gasteiger partial charge < -0.3 is 25.0 Å². The molecule has 0 saturated carbocycles. The second kappa shape index (κ2) is 12.1. The molecule has 40 heavy (non-hydrogen) atoms. The molecule has 1 fully saturated rings. The number of hydrogen-bond acceptors (Lipinski definition) is 5. The van der Waals surface area contributed by atoms with Crippen LogP contribution in [0.1, 0.15) is 45.5 Å². The fraction of sp³-hybridized carbons (Fsp3) is 0.300. The van der Waals surface area contributed by atoms with E-state index in [1.807, 2.05) is 0 Å². The van der Waals surface area contributed by atoms with Crippen molar-refractivity contribution in [1.29, 1.82) is 0 Å². The lowest BCUT2D eigenvalue weighted by atomic mass is 9.94. The molecule has 1 saturated heterocycles. The third kappa shape index (κ3) is 6.43. The van der Waals surface area contributed by atoms with E-state index in [0.29, 0.717) is 46.0 Å². The average Bonchev–Trinajstić information content (AvgIpc) is 2.94. The number of ether oxygens (including phenoxy) is 2. The molecule has 0 spiro atoms. The van der Waals surface area contributed by atoms with Gasteiger partial charge in [0.15, 0.2) is 0 Å². The normalized spacial score (nSPS) is 20.3. The summed E-state index contributed by atoms with van der Waals surface area (Å²) < 4.78 is 25.6. The molecule has 10 heteroatoms. The maximum absolute atomic E-state index is 13.5. The van der Waals surface area contributed by atoms with Gasteiger partial charge in [-0.15, -0.1) is 0 Å². The van der Waals surface area contributed by atoms with Gasteiger partial charge in [0.1, 0.15) is 24.3 Å². The summed E-state index contributed by atoms with van der Waals surface area (Å²) in [6.45, 7) is 0.432. The summed E-state index contributed by atoms with van der Waals surface area (Å²) in [6, 6.07) is 17.3. The van der Waals surface area contributed by atoms with Gasteiger partial charge >= 0.3 is 0 Å². The minimum atomic E-state index is -0.416. The summed E-state index contributed by atoms with van der Waals surface area (Å²) in [5, 5.41) is 6.16. The fourth-order valence-electron chi connectivity index (χ4n) is 5.04. The van der Waals surface area contributed by atoms with Crippen molar-refractivity contribution in [2.24, 2.45) is 0 Å². The third-order valence-electron chi connectivity index (χ3n) is 7.17. The first-order valence-electron chi connectivity index (χ1n) is 13.0. The number of nitrogens with zero attached hydrogens (tertiary/aromatic N) is 1. The van der Waals surface area contributed by atoms with Crippen molar-refractivity contribution in [2.75, 3.05) is 19.0 Å². The van der Waals surface area contributed by atoms with Crippen LogP contribution in [0.25, 0.3) is 0 Å². The molecule has 8 nitrogen and oxygen atoms in total. The molecular weight excluding hydrogens is 537 g/mol. The molecule has 3 aromatic carbocycles. The number of likely N-dealkylation sites (N-methyl/N-ethyl adjacent to an activating group) is 1. The van der Waals surface area contributed by atoms with E-state index in [0.717, 1.165) is 0 Å². The predicted molar refractivity (Wildman–Crippen MR) is 148 cm³/mol. The molecule has 2 heterocycles. The van der Waals surface area contributed by atoms with Crippen molar-refractivity contribution in [3.05, 3.63) is 94.3 Å². The van der Waals surface area contributed by atoms with Gasteiger partial charge in [0.2, 0.25) is 5.91 Å². The first-order chi connectivity index (χ1) is 19.3. The number of carbonyl (C=O) groups is 3. The van der Waals surface area contributed by atoms with Crippen LogP contribution in [0.15, 0.2) is 66.7 Å². The molecule has 0 unspecified atom stereocenters. The minimum Gasteiger partial charge on any atom is -0.490 e. The Balaban J connectivity index is 1.21. The monoisotopic (exact) mass is 565 g/mol.